The number of alkyl halides is 7. The summed E-state index contributed by atoms with van der Waals surface area (Å²) in [6.45, 7) is -1.21. The van der Waals surface area contributed by atoms with Crippen molar-refractivity contribution < 1.29 is 45.1 Å². The summed E-state index contributed by atoms with van der Waals surface area (Å²) in [7, 11) is 0. The van der Waals surface area contributed by atoms with Gasteiger partial charge >= 0.3 is 6.18 Å². The van der Waals surface area contributed by atoms with Gasteiger partial charge in [0.2, 0.25) is 23.7 Å². The number of fused-ring (bicyclic) bond motifs is 1. The van der Waals surface area contributed by atoms with Gasteiger partial charge in [-0.1, -0.05) is 29.3 Å². The molecule has 4 N–H and O–H groups in total. The number of hydrogen-bond donors (Lipinski definition) is 4. The van der Waals surface area contributed by atoms with E-state index in [0.717, 1.165) is 24.3 Å². The first kappa shape index (κ1) is 33.1. The van der Waals surface area contributed by atoms with Crippen LogP contribution in [0.3, 0.4) is 0 Å². The van der Waals surface area contributed by atoms with Crippen LogP contribution >= 0.6 is 23.2 Å². The minimum absolute atomic E-state index is 0.00991. The number of carbonyl (C=O) groups excluding carboxylic acids is 2. The lowest BCUT2D eigenvalue weighted by Gasteiger charge is -2.33. The molecule has 1 saturated carbocycles. The summed E-state index contributed by atoms with van der Waals surface area (Å²) in [4.78, 5) is 36.3. The van der Waals surface area contributed by atoms with Crippen LogP contribution < -0.4 is 20.7 Å². The van der Waals surface area contributed by atoms with E-state index in [2.05, 4.69) is 30.9 Å². The molecule has 0 saturated heterocycles. The highest BCUT2D eigenvalue weighted by molar-refractivity contribution is 6.39. The normalized spacial score (nSPS) is 14.7. The van der Waals surface area contributed by atoms with Crippen molar-refractivity contribution in [1.29, 1.82) is 0 Å². The van der Waals surface area contributed by atoms with Crippen LogP contribution in [-0.4, -0.2) is 45.7 Å². The first-order valence-electron chi connectivity index (χ1n) is 13.3. The third-order valence-electron chi connectivity index (χ3n) is 6.83. The highest BCUT2D eigenvalue weighted by Crippen LogP contribution is 2.42. The number of imidazole rings is 1. The van der Waals surface area contributed by atoms with Crippen LogP contribution in [-0.2, 0) is 17.5 Å². The van der Waals surface area contributed by atoms with E-state index in [1.807, 2.05) is 0 Å². The smallest absolute Gasteiger partial charge is 0.416 e. The molecule has 18 heteroatoms. The minimum atomic E-state index is -4.59. The molecule has 2 aromatic carbocycles. The molecule has 1 aliphatic rings. The van der Waals surface area contributed by atoms with Gasteiger partial charge in [0.25, 0.3) is 12.3 Å². The Labute approximate surface area is 264 Å². The van der Waals surface area contributed by atoms with Gasteiger partial charge in [-0.15, -0.1) is 0 Å². The number of nitrogens with zero attached hydrogens (tertiary/aromatic N) is 2. The Morgan fingerprint density at radius 3 is 2.39 bits per heavy atom. The number of pyridine rings is 1. The highest BCUT2D eigenvalue weighted by Gasteiger charge is 2.48. The molecule has 0 radical (unpaired) electrons. The van der Waals surface area contributed by atoms with Gasteiger partial charge in [0.05, 0.1) is 26.8 Å². The molecule has 2 heterocycles. The molecular weight excluding hydrogens is 672 g/mol. The van der Waals surface area contributed by atoms with Crippen LogP contribution in [0.2, 0.25) is 10.0 Å². The fourth-order valence-electron chi connectivity index (χ4n) is 4.48. The molecule has 2 amide bonds. The molecule has 1 aliphatic carbocycles. The monoisotopic (exact) mass is 692 g/mol. The van der Waals surface area contributed by atoms with Crippen molar-refractivity contribution in [2.45, 2.75) is 37.9 Å². The van der Waals surface area contributed by atoms with Gasteiger partial charge in [0.1, 0.15) is 5.56 Å². The summed E-state index contributed by atoms with van der Waals surface area (Å²) in [6, 6.07) is 7.74. The first-order chi connectivity index (χ1) is 21.6. The minimum Gasteiger partial charge on any atom is -0.471 e. The van der Waals surface area contributed by atoms with Gasteiger partial charge in [-0.25, -0.2) is 17.6 Å². The van der Waals surface area contributed by atoms with E-state index in [-0.39, 0.29) is 50.6 Å². The standard InChI is InChI=1S/C28H21Cl2F7N6O3/c29-17-6-1-12(10-38-23(44)13-8-27(33,34)9-13)20(30)21(17)41-26-40-18-7-16(25(42-22(18)43-26)46-11-19(31)32)24(45)39-15-4-2-14(3-5-15)28(35,36)37/h1-7,13,19H,8-11H2,(H,38,44)(H,39,45)(H2,40,41,42,43). The number of aromatic nitrogens is 3. The van der Waals surface area contributed by atoms with Crippen molar-refractivity contribution in [3.8, 4) is 5.88 Å². The maximum absolute atomic E-state index is 13.1. The van der Waals surface area contributed by atoms with Crippen LogP contribution in [0.1, 0.15) is 34.3 Å². The molecule has 2 aromatic heterocycles. The highest BCUT2D eigenvalue weighted by atomic mass is 35.5. The van der Waals surface area contributed by atoms with Crippen molar-refractivity contribution in [2.75, 3.05) is 17.2 Å². The molecule has 244 valence electrons. The van der Waals surface area contributed by atoms with Crippen LogP contribution in [0, 0.1) is 5.92 Å². The van der Waals surface area contributed by atoms with E-state index < -0.39 is 67.1 Å². The van der Waals surface area contributed by atoms with Gasteiger partial charge in [-0.2, -0.15) is 23.1 Å². The number of amides is 2. The fraction of sp³-hybridized carbons (Fsp3) is 0.286. The summed E-state index contributed by atoms with van der Waals surface area (Å²) in [5.41, 5.74) is -0.713. The van der Waals surface area contributed by atoms with Crippen molar-refractivity contribution >= 4 is 63.5 Å². The molecule has 9 nitrogen and oxygen atoms in total. The molecule has 4 aromatic rings. The van der Waals surface area contributed by atoms with E-state index in [4.69, 9.17) is 27.9 Å². The van der Waals surface area contributed by atoms with Crippen LogP contribution in [0.25, 0.3) is 11.2 Å². The molecule has 0 atom stereocenters. The maximum atomic E-state index is 13.1. The number of halogens is 9. The van der Waals surface area contributed by atoms with Crippen LogP contribution in [0.15, 0.2) is 42.5 Å². The molecule has 1 fully saturated rings. The Morgan fingerprint density at radius 1 is 1.07 bits per heavy atom. The topological polar surface area (TPSA) is 121 Å². The second kappa shape index (κ2) is 12.8. The largest absolute Gasteiger partial charge is 0.471 e. The predicted molar refractivity (Wildman–Crippen MR) is 154 cm³/mol. The lowest BCUT2D eigenvalue weighted by atomic mass is 9.81. The third-order valence-corrected chi connectivity index (χ3v) is 7.57. The number of aromatic amines is 1. The van der Waals surface area contributed by atoms with Crippen LogP contribution in [0.4, 0.5) is 48.1 Å². The van der Waals surface area contributed by atoms with Crippen LogP contribution in [0.5, 0.6) is 5.88 Å². The van der Waals surface area contributed by atoms with E-state index in [0.29, 0.717) is 5.56 Å². The zero-order valence-corrected chi connectivity index (χ0v) is 24.6. The molecular formula is C28H21Cl2F7N6O3. The zero-order chi connectivity index (χ0) is 33.4. The Hall–Kier alpha value is -4.31. The molecule has 0 unspecified atom stereocenters. The van der Waals surface area contributed by atoms with Gasteiger partial charge in [0, 0.05) is 31.0 Å². The second-order valence-corrected chi connectivity index (χ2v) is 11.0. The first-order valence-corrected chi connectivity index (χ1v) is 14.0. The molecule has 5 rings (SSSR count). The zero-order valence-electron chi connectivity index (χ0n) is 23.0. The Morgan fingerprint density at radius 2 is 1.76 bits per heavy atom. The molecule has 0 spiro atoms. The van der Waals surface area contributed by atoms with E-state index in [9.17, 15) is 40.3 Å². The average molecular weight is 693 g/mol. The lowest BCUT2D eigenvalue weighted by Crippen LogP contribution is -2.44. The second-order valence-electron chi connectivity index (χ2n) is 10.2. The Balaban J connectivity index is 1.37. The van der Waals surface area contributed by atoms with Crippen molar-refractivity contribution in [3.63, 3.8) is 0 Å². The Kier molecular flexibility index (Phi) is 9.22. The van der Waals surface area contributed by atoms with Crippen molar-refractivity contribution in [1.82, 2.24) is 20.3 Å². The SMILES string of the molecule is O=C(Nc1ccc(C(F)(F)F)cc1)c1cc2[nH]c(Nc3c(Cl)ccc(CNC(=O)C4CC(F)(F)C4)c3Cl)nc2nc1OCC(F)F. The lowest BCUT2D eigenvalue weighted by molar-refractivity contribution is -0.150. The van der Waals surface area contributed by atoms with Crippen molar-refractivity contribution in [2.24, 2.45) is 5.92 Å². The van der Waals surface area contributed by atoms with E-state index >= 15 is 0 Å². The summed E-state index contributed by atoms with van der Waals surface area (Å²) in [5, 5.41) is 7.99. The fourth-order valence-corrected chi connectivity index (χ4v) is 5.01. The van der Waals surface area contributed by atoms with Gasteiger partial charge in [0.15, 0.2) is 12.3 Å². The third kappa shape index (κ3) is 7.55. The number of rotatable bonds is 10. The van der Waals surface area contributed by atoms with Gasteiger partial charge < -0.3 is 25.7 Å². The number of benzene rings is 2. The summed E-state index contributed by atoms with van der Waals surface area (Å²) >= 11 is 12.8. The Bertz CT molecular complexity index is 1780. The van der Waals surface area contributed by atoms with E-state index in [1.54, 1.807) is 0 Å². The average Bonchev–Trinajstić information content (AvgIpc) is 3.37. The maximum Gasteiger partial charge on any atom is 0.416 e. The number of nitrogens with one attached hydrogen (secondary N) is 4. The summed E-state index contributed by atoms with van der Waals surface area (Å²) in [5.74, 6) is -5.66. The molecule has 0 aliphatic heterocycles. The summed E-state index contributed by atoms with van der Waals surface area (Å²) < 4.78 is 95.8. The molecule has 46 heavy (non-hydrogen) atoms. The molecule has 0 bridgehead atoms. The van der Waals surface area contributed by atoms with Gasteiger partial charge in [-0.05, 0) is 42.0 Å². The number of anilines is 3. The van der Waals surface area contributed by atoms with Crippen molar-refractivity contribution in [3.05, 3.63) is 69.2 Å². The number of ether oxygens (including phenoxy) is 1. The number of carbonyl (C=O) groups is 2. The number of H-pyrrole nitrogens is 1. The van der Waals surface area contributed by atoms with E-state index in [1.165, 1.54) is 18.2 Å². The predicted octanol–water partition coefficient (Wildman–Crippen LogP) is 7.58. The quantitative estimate of drug-likeness (QED) is 0.127. The van der Waals surface area contributed by atoms with Gasteiger partial charge in [-0.3, -0.25) is 9.59 Å². The number of hydrogen-bond acceptors (Lipinski definition) is 6. The summed E-state index contributed by atoms with van der Waals surface area (Å²) in [6.07, 6.45) is -8.58.